The molecule has 0 radical (unpaired) electrons. The van der Waals surface area contributed by atoms with Gasteiger partial charge in [0.1, 0.15) is 0 Å². The second kappa shape index (κ2) is 6.02. The van der Waals surface area contributed by atoms with Crippen LogP contribution in [0.1, 0.15) is 32.1 Å². The van der Waals surface area contributed by atoms with Crippen molar-refractivity contribution >= 4 is 11.8 Å². The third-order valence-corrected chi connectivity index (χ3v) is 3.92. The van der Waals surface area contributed by atoms with Gasteiger partial charge in [-0.3, -0.25) is 0 Å². The molecule has 0 atom stereocenters. The van der Waals surface area contributed by atoms with Crippen molar-refractivity contribution in [1.82, 2.24) is 0 Å². The molecule has 1 aromatic rings. The van der Waals surface area contributed by atoms with Gasteiger partial charge >= 0.3 is 0 Å². The summed E-state index contributed by atoms with van der Waals surface area (Å²) in [5, 5.41) is 0. The van der Waals surface area contributed by atoms with Crippen molar-refractivity contribution in [2.45, 2.75) is 37.0 Å². The average Bonchev–Trinajstić information content (AvgIpc) is 2.56. The minimum Gasteiger partial charge on any atom is -0.122 e. The summed E-state index contributed by atoms with van der Waals surface area (Å²) in [6.07, 6.45) is 9.27. The fourth-order valence-electron chi connectivity index (χ4n) is 1.91. The van der Waals surface area contributed by atoms with Crippen molar-refractivity contribution < 1.29 is 0 Å². The second-order valence-electron chi connectivity index (χ2n) is 4.06. The third-order valence-electron chi connectivity index (χ3n) is 2.80. The Kier molecular flexibility index (Phi) is 4.34. The Bertz CT molecular complexity index is 313. The molecule has 80 valence electrons. The summed E-state index contributed by atoms with van der Waals surface area (Å²) in [5.74, 6) is 1.18. The van der Waals surface area contributed by atoms with Crippen molar-refractivity contribution in [3.8, 4) is 0 Å². The van der Waals surface area contributed by atoms with Crippen LogP contribution in [0.15, 0.2) is 46.9 Å². The van der Waals surface area contributed by atoms with Crippen LogP contribution in [-0.4, -0.2) is 5.75 Å². The summed E-state index contributed by atoms with van der Waals surface area (Å²) >= 11 is 1.97. The Morgan fingerprint density at radius 2 is 1.87 bits per heavy atom. The van der Waals surface area contributed by atoms with E-state index < -0.39 is 0 Å². The van der Waals surface area contributed by atoms with Gasteiger partial charge < -0.3 is 0 Å². The van der Waals surface area contributed by atoms with Gasteiger partial charge in [0.05, 0.1) is 0 Å². The van der Waals surface area contributed by atoms with Crippen molar-refractivity contribution in [2.75, 3.05) is 5.75 Å². The van der Waals surface area contributed by atoms with Crippen LogP contribution >= 0.6 is 11.8 Å². The molecule has 2 rings (SSSR count). The molecule has 1 aliphatic rings. The predicted molar refractivity (Wildman–Crippen MR) is 68.3 cm³/mol. The minimum atomic E-state index is 1.18. The standard InChI is InChI=1S/C14H18S/c1-2-5-9-13(8-4-1)12-15-14-10-6-3-7-11-14/h3,6-8,10-11H,1-2,4-5,9,12H2. The van der Waals surface area contributed by atoms with Crippen LogP contribution in [0, 0.1) is 0 Å². The van der Waals surface area contributed by atoms with Crippen LogP contribution in [0.25, 0.3) is 0 Å². The number of allylic oxidation sites excluding steroid dienone is 1. The molecule has 0 saturated carbocycles. The second-order valence-corrected chi connectivity index (χ2v) is 5.11. The number of hydrogen-bond donors (Lipinski definition) is 0. The van der Waals surface area contributed by atoms with E-state index in [1.54, 1.807) is 5.57 Å². The lowest BCUT2D eigenvalue weighted by Crippen LogP contribution is -1.86. The molecule has 0 spiro atoms. The molecule has 0 fully saturated rings. The van der Waals surface area contributed by atoms with Crippen LogP contribution < -0.4 is 0 Å². The van der Waals surface area contributed by atoms with Gasteiger partial charge in [0.15, 0.2) is 0 Å². The van der Waals surface area contributed by atoms with Gasteiger partial charge in [-0.1, -0.05) is 36.3 Å². The Morgan fingerprint density at radius 1 is 1.00 bits per heavy atom. The minimum absolute atomic E-state index is 1.18. The van der Waals surface area contributed by atoms with E-state index in [-0.39, 0.29) is 0 Å². The molecule has 0 unspecified atom stereocenters. The van der Waals surface area contributed by atoms with Crippen molar-refractivity contribution in [3.63, 3.8) is 0 Å². The Hall–Kier alpha value is -0.690. The Morgan fingerprint density at radius 3 is 2.73 bits per heavy atom. The molecule has 0 aromatic heterocycles. The first-order valence-electron chi connectivity index (χ1n) is 5.81. The van der Waals surface area contributed by atoms with Gasteiger partial charge in [0, 0.05) is 10.6 Å². The maximum atomic E-state index is 2.46. The smallest absolute Gasteiger partial charge is 0.0190 e. The molecule has 1 heteroatoms. The third kappa shape index (κ3) is 3.75. The number of benzene rings is 1. The number of thioether (sulfide) groups is 1. The van der Waals surface area contributed by atoms with Crippen molar-refractivity contribution in [1.29, 1.82) is 0 Å². The summed E-state index contributed by atoms with van der Waals surface area (Å²) in [5.41, 5.74) is 1.65. The van der Waals surface area contributed by atoms with Gasteiger partial charge in [-0.25, -0.2) is 0 Å². The fourth-order valence-corrected chi connectivity index (χ4v) is 2.87. The van der Waals surface area contributed by atoms with Crippen LogP contribution in [-0.2, 0) is 0 Å². The lowest BCUT2D eigenvalue weighted by Gasteiger charge is -2.04. The lowest BCUT2D eigenvalue weighted by molar-refractivity contribution is 0.711. The zero-order chi connectivity index (χ0) is 10.3. The fraction of sp³-hybridized carbons (Fsp3) is 0.429. The quantitative estimate of drug-likeness (QED) is 0.525. The largest absolute Gasteiger partial charge is 0.122 e. The molecule has 0 N–H and O–H groups in total. The summed E-state index contributed by atoms with van der Waals surface area (Å²) in [4.78, 5) is 1.39. The van der Waals surface area contributed by atoms with Gasteiger partial charge in [0.2, 0.25) is 0 Å². The van der Waals surface area contributed by atoms with Gasteiger partial charge in [-0.2, -0.15) is 0 Å². The highest BCUT2D eigenvalue weighted by molar-refractivity contribution is 7.99. The first-order valence-corrected chi connectivity index (χ1v) is 6.79. The molecular formula is C14H18S. The van der Waals surface area contributed by atoms with Gasteiger partial charge in [0.25, 0.3) is 0 Å². The molecule has 0 nitrogen and oxygen atoms in total. The van der Waals surface area contributed by atoms with Crippen molar-refractivity contribution in [3.05, 3.63) is 42.0 Å². The van der Waals surface area contributed by atoms with E-state index in [0.29, 0.717) is 0 Å². The highest BCUT2D eigenvalue weighted by Crippen LogP contribution is 2.25. The Balaban J connectivity index is 1.84. The van der Waals surface area contributed by atoms with E-state index in [2.05, 4.69) is 36.4 Å². The summed E-state index contributed by atoms with van der Waals surface area (Å²) in [6.45, 7) is 0. The summed E-state index contributed by atoms with van der Waals surface area (Å²) < 4.78 is 0. The highest BCUT2D eigenvalue weighted by Gasteiger charge is 2.03. The molecule has 0 amide bonds. The zero-order valence-electron chi connectivity index (χ0n) is 9.11. The number of hydrogen-bond acceptors (Lipinski definition) is 1. The van der Waals surface area contributed by atoms with Crippen LogP contribution in [0.5, 0.6) is 0 Å². The Labute approximate surface area is 96.8 Å². The topological polar surface area (TPSA) is 0 Å². The van der Waals surface area contributed by atoms with E-state index in [0.717, 1.165) is 0 Å². The van der Waals surface area contributed by atoms with Crippen LogP contribution in [0.3, 0.4) is 0 Å². The molecular weight excluding hydrogens is 200 g/mol. The van der Waals surface area contributed by atoms with Crippen LogP contribution in [0.2, 0.25) is 0 Å². The highest BCUT2D eigenvalue weighted by atomic mass is 32.2. The van der Waals surface area contributed by atoms with Crippen molar-refractivity contribution in [2.24, 2.45) is 0 Å². The first kappa shape index (κ1) is 10.8. The van der Waals surface area contributed by atoms with E-state index in [4.69, 9.17) is 0 Å². The maximum absolute atomic E-state index is 2.46. The normalized spacial score (nSPS) is 16.9. The molecule has 0 bridgehead atoms. The first-order chi connectivity index (χ1) is 7.45. The summed E-state index contributed by atoms with van der Waals surface area (Å²) in [6, 6.07) is 10.7. The molecule has 0 aliphatic heterocycles. The van der Waals surface area contributed by atoms with E-state index in [1.807, 2.05) is 11.8 Å². The molecule has 1 aliphatic carbocycles. The summed E-state index contributed by atoms with van der Waals surface area (Å²) in [7, 11) is 0. The van der Waals surface area contributed by atoms with Gasteiger partial charge in [-0.05, 0) is 37.8 Å². The average molecular weight is 218 g/mol. The molecule has 15 heavy (non-hydrogen) atoms. The predicted octanol–water partition coefficient (Wildman–Crippen LogP) is 4.67. The van der Waals surface area contributed by atoms with E-state index in [9.17, 15) is 0 Å². The maximum Gasteiger partial charge on any atom is 0.0190 e. The lowest BCUT2D eigenvalue weighted by atomic mass is 10.1. The monoisotopic (exact) mass is 218 g/mol. The van der Waals surface area contributed by atoms with E-state index >= 15 is 0 Å². The molecule has 1 aromatic carbocycles. The van der Waals surface area contributed by atoms with Gasteiger partial charge in [-0.15, -0.1) is 11.8 Å². The molecule has 0 saturated heterocycles. The SMILES string of the molecule is C1=C(CSc2ccccc2)CCCCC1. The van der Waals surface area contributed by atoms with Crippen LogP contribution in [0.4, 0.5) is 0 Å². The molecule has 0 heterocycles. The number of rotatable bonds is 3. The zero-order valence-corrected chi connectivity index (χ0v) is 9.93. The van der Waals surface area contributed by atoms with E-state index in [1.165, 1.54) is 42.8 Å².